The molecule has 0 saturated heterocycles. The van der Waals surface area contributed by atoms with Crippen LogP contribution in [0.4, 0.5) is 13.2 Å². The number of carbonyl (C=O) groups is 1. The van der Waals surface area contributed by atoms with E-state index in [4.69, 9.17) is 0 Å². The lowest BCUT2D eigenvalue weighted by molar-refractivity contribution is -0.145. The molecule has 122 valence electrons. The van der Waals surface area contributed by atoms with E-state index >= 15 is 0 Å². The van der Waals surface area contributed by atoms with E-state index in [1.54, 1.807) is 13.0 Å². The van der Waals surface area contributed by atoms with Crippen LogP contribution in [0.5, 0.6) is 5.75 Å². The van der Waals surface area contributed by atoms with Crippen molar-refractivity contribution in [3.8, 4) is 5.75 Å². The molecule has 0 fully saturated rings. The normalized spacial score (nSPS) is 21.3. The van der Waals surface area contributed by atoms with Gasteiger partial charge in [0, 0.05) is 5.56 Å². The molecule has 0 radical (unpaired) electrons. The van der Waals surface area contributed by atoms with Crippen molar-refractivity contribution in [2.45, 2.75) is 24.8 Å². The summed E-state index contributed by atoms with van der Waals surface area (Å²) in [6.45, 7) is 1.72. The summed E-state index contributed by atoms with van der Waals surface area (Å²) in [5.41, 5.74) is -4.66. The Bertz CT molecular complexity index is 696. The molecule has 5 nitrogen and oxygen atoms in total. The van der Waals surface area contributed by atoms with Crippen LogP contribution in [0, 0.1) is 5.92 Å². The van der Waals surface area contributed by atoms with Crippen LogP contribution in [0.3, 0.4) is 0 Å². The number of methoxy groups -OCH3 is 1. The molecular weight excluding hydrogens is 325 g/mol. The minimum absolute atomic E-state index is 0.0622. The van der Waals surface area contributed by atoms with Crippen LogP contribution >= 0.6 is 0 Å². The topological polar surface area (TPSA) is 69.7 Å². The van der Waals surface area contributed by atoms with Crippen molar-refractivity contribution in [1.29, 1.82) is 0 Å². The van der Waals surface area contributed by atoms with E-state index in [0.29, 0.717) is 5.56 Å². The molecule has 1 aliphatic rings. The van der Waals surface area contributed by atoms with Crippen LogP contribution in [0.2, 0.25) is 0 Å². The van der Waals surface area contributed by atoms with E-state index < -0.39 is 33.3 Å². The predicted molar refractivity (Wildman–Crippen MR) is 69.7 cm³/mol. The van der Waals surface area contributed by atoms with Crippen molar-refractivity contribution in [3.63, 3.8) is 0 Å². The maximum absolute atomic E-state index is 12.4. The molecule has 0 spiro atoms. The molecule has 0 N–H and O–H groups in total. The van der Waals surface area contributed by atoms with Gasteiger partial charge in [0.1, 0.15) is 5.75 Å². The number of ether oxygens (including phenoxy) is 1. The van der Waals surface area contributed by atoms with Crippen molar-refractivity contribution in [2.75, 3.05) is 7.11 Å². The van der Waals surface area contributed by atoms with Gasteiger partial charge >= 0.3 is 21.6 Å². The molecule has 2 unspecified atom stereocenters. The van der Waals surface area contributed by atoms with E-state index in [9.17, 15) is 26.4 Å². The highest BCUT2D eigenvalue weighted by Crippen LogP contribution is 2.43. The van der Waals surface area contributed by atoms with E-state index in [0.717, 1.165) is 6.07 Å². The number of benzene rings is 1. The zero-order valence-corrected chi connectivity index (χ0v) is 12.5. The summed E-state index contributed by atoms with van der Waals surface area (Å²) < 4.78 is 68.4. The van der Waals surface area contributed by atoms with Crippen molar-refractivity contribution >= 4 is 16.1 Å². The summed E-state index contributed by atoms with van der Waals surface area (Å²) in [7, 11) is -4.54. The van der Waals surface area contributed by atoms with Gasteiger partial charge in [0.15, 0.2) is 0 Å². The van der Waals surface area contributed by atoms with Gasteiger partial charge in [-0.05, 0) is 24.0 Å². The smallest absolute Gasteiger partial charge is 0.469 e. The van der Waals surface area contributed by atoms with Crippen LogP contribution < -0.4 is 4.18 Å². The molecule has 0 amide bonds. The number of esters is 1. The molecule has 22 heavy (non-hydrogen) atoms. The lowest BCUT2D eigenvalue weighted by Gasteiger charge is -2.13. The Morgan fingerprint density at radius 2 is 1.95 bits per heavy atom. The van der Waals surface area contributed by atoms with E-state index in [1.807, 2.05) is 0 Å². The first-order valence-corrected chi connectivity index (χ1v) is 7.69. The molecule has 0 aliphatic heterocycles. The fourth-order valence-electron chi connectivity index (χ4n) is 2.52. The lowest BCUT2D eigenvalue weighted by atomic mass is 9.95. The third kappa shape index (κ3) is 2.77. The molecule has 9 heteroatoms. The number of hydrogen-bond donors (Lipinski definition) is 0. The fraction of sp³-hybridized carbons (Fsp3) is 0.462. The van der Waals surface area contributed by atoms with Gasteiger partial charge in [0.25, 0.3) is 0 Å². The molecule has 0 saturated carbocycles. The van der Waals surface area contributed by atoms with Crippen molar-refractivity contribution < 1.29 is 35.3 Å². The molecule has 0 heterocycles. The zero-order chi connectivity index (χ0) is 16.7. The van der Waals surface area contributed by atoms with E-state index in [2.05, 4.69) is 8.92 Å². The standard InChI is InChI=1S/C13H13F3O5S/c1-7-8-4-3-5-11(21-22(18,19)13(14,15)16)10(8)6-9(7)12(17)20-2/h3-5,7,9H,6H2,1-2H3. The lowest BCUT2D eigenvalue weighted by Crippen LogP contribution is -2.28. The van der Waals surface area contributed by atoms with E-state index in [1.165, 1.54) is 13.2 Å². The average Bonchev–Trinajstić information content (AvgIpc) is 2.75. The number of carbonyl (C=O) groups excluding carboxylic acids is 1. The Kier molecular flexibility index (Phi) is 4.12. The molecule has 2 atom stereocenters. The van der Waals surface area contributed by atoms with Crippen LogP contribution in [0.25, 0.3) is 0 Å². The van der Waals surface area contributed by atoms with Crippen molar-refractivity contribution in [1.82, 2.24) is 0 Å². The number of alkyl halides is 3. The maximum Gasteiger partial charge on any atom is 0.534 e. The summed E-state index contributed by atoms with van der Waals surface area (Å²) in [6, 6.07) is 4.14. The average molecular weight is 338 g/mol. The summed E-state index contributed by atoms with van der Waals surface area (Å²) in [4.78, 5) is 11.7. The van der Waals surface area contributed by atoms with Crippen LogP contribution in [0.1, 0.15) is 24.0 Å². The van der Waals surface area contributed by atoms with Crippen LogP contribution in [0.15, 0.2) is 18.2 Å². The Morgan fingerprint density at radius 3 is 2.50 bits per heavy atom. The highest BCUT2D eigenvalue weighted by atomic mass is 32.2. The second kappa shape index (κ2) is 5.45. The van der Waals surface area contributed by atoms with Gasteiger partial charge in [0.2, 0.25) is 0 Å². The molecular formula is C13H13F3O5S. The molecule has 0 bridgehead atoms. The molecule has 0 aromatic heterocycles. The SMILES string of the molecule is COC(=O)C1Cc2c(OS(=O)(=O)C(F)(F)F)cccc2C1C. The van der Waals surface area contributed by atoms with Gasteiger partial charge in [0.05, 0.1) is 13.0 Å². The van der Waals surface area contributed by atoms with Gasteiger partial charge in [-0.3, -0.25) is 4.79 Å². The zero-order valence-electron chi connectivity index (χ0n) is 11.7. The highest BCUT2D eigenvalue weighted by Gasteiger charge is 2.49. The Labute approximate surface area is 125 Å². The second-order valence-electron chi connectivity index (χ2n) is 4.93. The Hall–Kier alpha value is -1.77. The number of rotatable bonds is 3. The number of halogens is 3. The van der Waals surface area contributed by atoms with E-state index in [-0.39, 0.29) is 17.9 Å². The molecule has 1 aliphatic carbocycles. The Balaban J connectivity index is 2.39. The van der Waals surface area contributed by atoms with Gasteiger partial charge in [-0.15, -0.1) is 0 Å². The monoisotopic (exact) mass is 338 g/mol. The number of hydrogen-bond acceptors (Lipinski definition) is 5. The fourth-order valence-corrected chi connectivity index (χ4v) is 3.01. The molecule has 2 rings (SSSR count). The van der Waals surface area contributed by atoms with Crippen LogP contribution in [-0.2, 0) is 26.1 Å². The molecule has 1 aromatic carbocycles. The second-order valence-corrected chi connectivity index (χ2v) is 6.47. The van der Waals surface area contributed by atoms with Crippen molar-refractivity contribution in [2.24, 2.45) is 5.92 Å². The first-order chi connectivity index (χ1) is 10.1. The van der Waals surface area contributed by atoms with Gasteiger partial charge in [-0.25, -0.2) is 0 Å². The third-order valence-corrected chi connectivity index (χ3v) is 4.64. The predicted octanol–water partition coefficient (Wildman–Crippen LogP) is 2.36. The number of fused-ring (bicyclic) bond motifs is 1. The minimum atomic E-state index is -5.75. The van der Waals surface area contributed by atoms with Crippen molar-refractivity contribution in [3.05, 3.63) is 29.3 Å². The van der Waals surface area contributed by atoms with Gasteiger partial charge in [-0.1, -0.05) is 19.1 Å². The maximum atomic E-state index is 12.4. The summed E-state index contributed by atoms with van der Waals surface area (Å²) in [6.07, 6.45) is 0.0622. The molecule has 1 aromatic rings. The summed E-state index contributed by atoms with van der Waals surface area (Å²) >= 11 is 0. The quantitative estimate of drug-likeness (QED) is 0.481. The van der Waals surface area contributed by atoms with Gasteiger partial charge < -0.3 is 8.92 Å². The summed E-state index contributed by atoms with van der Waals surface area (Å²) in [5.74, 6) is -1.81. The van der Waals surface area contributed by atoms with Crippen LogP contribution in [-0.4, -0.2) is 27.0 Å². The minimum Gasteiger partial charge on any atom is -0.469 e. The first-order valence-electron chi connectivity index (χ1n) is 6.29. The third-order valence-electron chi connectivity index (χ3n) is 3.67. The van der Waals surface area contributed by atoms with Gasteiger partial charge in [-0.2, -0.15) is 21.6 Å². The largest absolute Gasteiger partial charge is 0.534 e. The Morgan fingerprint density at radius 1 is 1.32 bits per heavy atom. The summed E-state index contributed by atoms with van der Waals surface area (Å²) in [5, 5.41) is 0. The first kappa shape index (κ1) is 16.6. The highest BCUT2D eigenvalue weighted by molar-refractivity contribution is 7.88.